The fourth-order valence-electron chi connectivity index (χ4n) is 3.06. The second kappa shape index (κ2) is 7.90. The van der Waals surface area contributed by atoms with E-state index in [1.165, 1.54) is 50.9 Å². The average molecular weight is 297 g/mol. The van der Waals surface area contributed by atoms with E-state index < -0.39 is 0 Å². The summed E-state index contributed by atoms with van der Waals surface area (Å²) in [6, 6.07) is 4.10. The largest absolute Gasteiger partial charge is 0.492 e. The van der Waals surface area contributed by atoms with Crippen molar-refractivity contribution in [1.82, 2.24) is 0 Å². The standard InChI is InChI=1S/C17H26ClNO/c1-14-12-15(2)17(16(18)13-14)20-11-7-10-19-8-5-3-4-6-9-19/h12-13H,3-11H2,1-2H3/p+1. The summed E-state index contributed by atoms with van der Waals surface area (Å²) < 4.78 is 5.90. The third kappa shape index (κ3) is 4.68. The molecule has 2 nitrogen and oxygen atoms in total. The molecular formula is C17H27ClNO+. The van der Waals surface area contributed by atoms with Crippen LogP contribution in [0.2, 0.25) is 5.02 Å². The molecule has 0 spiro atoms. The van der Waals surface area contributed by atoms with Gasteiger partial charge >= 0.3 is 0 Å². The van der Waals surface area contributed by atoms with Gasteiger partial charge in [-0.2, -0.15) is 0 Å². The Labute approximate surface area is 128 Å². The lowest BCUT2D eigenvalue weighted by molar-refractivity contribution is -0.899. The molecule has 0 atom stereocenters. The Bertz CT molecular complexity index is 402. The number of hydrogen-bond acceptors (Lipinski definition) is 1. The third-order valence-electron chi connectivity index (χ3n) is 4.11. The molecule has 2 rings (SSSR count). The highest BCUT2D eigenvalue weighted by Crippen LogP contribution is 2.29. The first-order valence-electron chi connectivity index (χ1n) is 7.90. The van der Waals surface area contributed by atoms with Gasteiger partial charge in [-0.1, -0.05) is 17.7 Å². The van der Waals surface area contributed by atoms with Crippen LogP contribution in [0.4, 0.5) is 0 Å². The van der Waals surface area contributed by atoms with E-state index in [0.29, 0.717) is 0 Å². The number of nitrogens with one attached hydrogen (secondary N) is 1. The summed E-state index contributed by atoms with van der Waals surface area (Å²) in [4.78, 5) is 1.75. The number of likely N-dealkylation sites (tertiary alicyclic amines) is 1. The van der Waals surface area contributed by atoms with Crippen LogP contribution in [0.3, 0.4) is 0 Å². The number of hydrogen-bond donors (Lipinski definition) is 1. The van der Waals surface area contributed by atoms with Gasteiger partial charge in [0.25, 0.3) is 0 Å². The maximum Gasteiger partial charge on any atom is 0.140 e. The van der Waals surface area contributed by atoms with Crippen molar-refractivity contribution in [2.45, 2.75) is 46.0 Å². The zero-order valence-corrected chi connectivity index (χ0v) is 13.6. The maximum atomic E-state index is 6.25. The van der Waals surface area contributed by atoms with Gasteiger partial charge in [0.1, 0.15) is 5.75 Å². The van der Waals surface area contributed by atoms with Crippen LogP contribution < -0.4 is 9.64 Å². The van der Waals surface area contributed by atoms with Crippen LogP contribution in [0.15, 0.2) is 12.1 Å². The molecule has 1 aromatic rings. The molecule has 3 heteroatoms. The van der Waals surface area contributed by atoms with E-state index >= 15 is 0 Å². The predicted octanol–water partition coefficient (Wildman–Crippen LogP) is 3.18. The van der Waals surface area contributed by atoms with E-state index in [4.69, 9.17) is 16.3 Å². The number of ether oxygens (including phenoxy) is 1. The van der Waals surface area contributed by atoms with Crippen molar-refractivity contribution in [3.63, 3.8) is 0 Å². The van der Waals surface area contributed by atoms with E-state index in [9.17, 15) is 0 Å². The molecule has 0 aromatic heterocycles. The van der Waals surface area contributed by atoms with Gasteiger partial charge in [-0.25, -0.2) is 0 Å². The average Bonchev–Trinajstić information content (AvgIpc) is 2.65. The Morgan fingerprint density at radius 3 is 2.45 bits per heavy atom. The van der Waals surface area contributed by atoms with E-state index in [2.05, 4.69) is 19.9 Å². The minimum absolute atomic E-state index is 0.740. The van der Waals surface area contributed by atoms with Gasteiger partial charge in [0.05, 0.1) is 31.3 Å². The Balaban J connectivity index is 1.75. The van der Waals surface area contributed by atoms with E-state index in [1.54, 1.807) is 4.90 Å². The topological polar surface area (TPSA) is 13.7 Å². The van der Waals surface area contributed by atoms with Crippen LogP contribution in [-0.2, 0) is 0 Å². The number of halogens is 1. The normalized spacial score (nSPS) is 16.9. The van der Waals surface area contributed by atoms with Crippen LogP contribution in [0, 0.1) is 13.8 Å². The summed E-state index contributed by atoms with van der Waals surface area (Å²) in [7, 11) is 0. The second-order valence-electron chi connectivity index (χ2n) is 6.01. The lowest BCUT2D eigenvalue weighted by Gasteiger charge is -2.17. The lowest BCUT2D eigenvalue weighted by atomic mass is 10.1. The molecule has 1 N–H and O–H groups in total. The van der Waals surface area contributed by atoms with E-state index in [-0.39, 0.29) is 0 Å². The van der Waals surface area contributed by atoms with Gasteiger partial charge in [-0.3, -0.25) is 0 Å². The number of aryl methyl sites for hydroxylation is 2. The Morgan fingerprint density at radius 2 is 1.80 bits per heavy atom. The predicted molar refractivity (Wildman–Crippen MR) is 85.1 cm³/mol. The molecule has 1 saturated heterocycles. The molecule has 1 aromatic carbocycles. The summed E-state index contributed by atoms with van der Waals surface area (Å²) in [5.41, 5.74) is 2.32. The van der Waals surface area contributed by atoms with E-state index in [1.807, 2.05) is 6.07 Å². The van der Waals surface area contributed by atoms with E-state index in [0.717, 1.165) is 29.4 Å². The van der Waals surface area contributed by atoms with Crippen LogP contribution in [0.1, 0.15) is 43.2 Å². The summed E-state index contributed by atoms with van der Waals surface area (Å²) in [6.45, 7) is 8.80. The first-order chi connectivity index (χ1) is 9.66. The molecule has 0 saturated carbocycles. The van der Waals surface area contributed by atoms with Crippen molar-refractivity contribution < 1.29 is 9.64 Å². The molecule has 1 heterocycles. The summed E-state index contributed by atoms with van der Waals surface area (Å²) in [5, 5.41) is 0.740. The molecule has 1 aliphatic rings. The van der Waals surface area contributed by atoms with Crippen molar-refractivity contribution in [2.24, 2.45) is 0 Å². The summed E-state index contributed by atoms with van der Waals surface area (Å²) >= 11 is 6.25. The number of benzene rings is 1. The molecule has 0 bridgehead atoms. The number of rotatable bonds is 5. The molecule has 0 amide bonds. The highest BCUT2D eigenvalue weighted by molar-refractivity contribution is 6.32. The second-order valence-corrected chi connectivity index (χ2v) is 6.42. The van der Waals surface area contributed by atoms with Crippen molar-refractivity contribution >= 4 is 11.6 Å². The fraction of sp³-hybridized carbons (Fsp3) is 0.647. The molecule has 0 unspecified atom stereocenters. The zero-order valence-electron chi connectivity index (χ0n) is 12.8. The lowest BCUT2D eigenvalue weighted by Crippen LogP contribution is -3.11. The molecular weight excluding hydrogens is 270 g/mol. The van der Waals surface area contributed by atoms with Crippen molar-refractivity contribution in [2.75, 3.05) is 26.2 Å². The SMILES string of the molecule is Cc1cc(C)c(OCCC[NH+]2CCCCCC2)c(Cl)c1. The Morgan fingerprint density at radius 1 is 1.10 bits per heavy atom. The Hall–Kier alpha value is -0.730. The van der Waals surface area contributed by atoms with Gasteiger partial charge < -0.3 is 9.64 Å². The summed E-state index contributed by atoms with van der Waals surface area (Å²) in [5.74, 6) is 0.864. The highest BCUT2D eigenvalue weighted by Gasteiger charge is 2.12. The molecule has 0 aliphatic carbocycles. The Kier molecular flexibility index (Phi) is 6.18. The monoisotopic (exact) mass is 296 g/mol. The van der Waals surface area contributed by atoms with Crippen LogP contribution in [0.5, 0.6) is 5.75 Å². The van der Waals surface area contributed by atoms with Crippen molar-refractivity contribution in [1.29, 1.82) is 0 Å². The van der Waals surface area contributed by atoms with Crippen LogP contribution in [-0.4, -0.2) is 26.2 Å². The number of quaternary nitrogens is 1. The van der Waals surface area contributed by atoms with Crippen LogP contribution >= 0.6 is 11.6 Å². The molecule has 0 radical (unpaired) electrons. The smallest absolute Gasteiger partial charge is 0.140 e. The molecule has 112 valence electrons. The third-order valence-corrected chi connectivity index (χ3v) is 4.39. The molecule has 1 fully saturated rings. The summed E-state index contributed by atoms with van der Waals surface area (Å²) in [6.07, 6.45) is 6.72. The van der Waals surface area contributed by atoms with Gasteiger partial charge in [-0.05, 0) is 56.7 Å². The maximum absolute atomic E-state index is 6.25. The first kappa shape index (κ1) is 15.7. The van der Waals surface area contributed by atoms with Crippen LogP contribution in [0.25, 0.3) is 0 Å². The van der Waals surface area contributed by atoms with Gasteiger partial charge in [0.2, 0.25) is 0 Å². The van der Waals surface area contributed by atoms with Gasteiger partial charge in [0.15, 0.2) is 0 Å². The van der Waals surface area contributed by atoms with Crippen molar-refractivity contribution in [3.8, 4) is 5.75 Å². The minimum atomic E-state index is 0.740. The fourth-order valence-corrected chi connectivity index (χ4v) is 3.44. The first-order valence-corrected chi connectivity index (χ1v) is 8.28. The molecule has 20 heavy (non-hydrogen) atoms. The zero-order chi connectivity index (χ0) is 14.4. The van der Waals surface area contributed by atoms with Gasteiger partial charge in [-0.15, -0.1) is 0 Å². The highest BCUT2D eigenvalue weighted by atomic mass is 35.5. The van der Waals surface area contributed by atoms with Crippen molar-refractivity contribution in [3.05, 3.63) is 28.3 Å². The minimum Gasteiger partial charge on any atom is -0.492 e. The van der Waals surface area contributed by atoms with Gasteiger partial charge in [0, 0.05) is 6.42 Å². The molecule has 1 aliphatic heterocycles. The quantitative estimate of drug-likeness (QED) is 0.824.